The third-order valence-electron chi connectivity index (χ3n) is 0. The zero-order chi connectivity index (χ0) is 0. The normalized spacial score (nSPS) is 0. The van der Waals surface area contributed by atoms with Crippen LogP contribution in [-0.2, 0) is 16.8 Å². The smallest absolute Gasteiger partial charge is 1.00 e. The summed E-state index contributed by atoms with van der Waals surface area (Å²) in [6, 6.07) is 0. The first-order valence-electron chi connectivity index (χ1n) is 0. The molecular formula is Br4Co. The molecule has 0 saturated heterocycles. The van der Waals surface area contributed by atoms with Crippen LogP contribution in [-0.4, -0.2) is 0 Å². The van der Waals surface area contributed by atoms with Crippen molar-refractivity contribution in [3.8, 4) is 0 Å². The zero-order valence-corrected chi connectivity index (χ0v) is 9.23. The summed E-state index contributed by atoms with van der Waals surface area (Å²) >= 11 is 0. The van der Waals surface area contributed by atoms with Crippen molar-refractivity contribution in [2.24, 2.45) is 0 Å². The van der Waals surface area contributed by atoms with Gasteiger partial charge in [-0.25, -0.2) is 0 Å². The van der Waals surface area contributed by atoms with E-state index in [2.05, 4.69) is 0 Å². The summed E-state index contributed by atoms with van der Waals surface area (Å²) < 4.78 is 0. The van der Waals surface area contributed by atoms with Gasteiger partial charge >= 0.3 is 16.8 Å². The van der Waals surface area contributed by atoms with Gasteiger partial charge in [-0.3, -0.25) is 0 Å². The Morgan fingerprint density at radius 3 is 0.400 bits per heavy atom. The minimum Gasteiger partial charge on any atom is -1.00 e. The van der Waals surface area contributed by atoms with Gasteiger partial charge in [0.15, 0.2) is 0 Å². The maximum atomic E-state index is 0. The third-order valence-corrected chi connectivity index (χ3v) is 0. The van der Waals surface area contributed by atoms with Gasteiger partial charge in [-0.05, 0) is 0 Å². The van der Waals surface area contributed by atoms with Crippen molar-refractivity contribution in [1.29, 1.82) is 0 Å². The molecule has 1 radical (unpaired) electrons. The fraction of sp³-hybridized carbons (Fsp3) is 0. The van der Waals surface area contributed by atoms with Crippen LogP contribution in [0.1, 0.15) is 0 Å². The molecule has 0 heterocycles. The summed E-state index contributed by atoms with van der Waals surface area (Å²) in [5.74, 6) is 0. The Bertz CT molecular complexity index is 3.61. The van der Waals surface area contributed by atoms with Crippen molar-refractivity contribution in [3.05, 3.63) is 0 Å². The van der Waals surface area contributed by atoms with Gasteiger partial charge in [-0.1, -0.05) is 0 Å². The SMILES string of the molecule is [Br-].[Br-].[Br-].[Br-].[Co+4]. The van der Waals surface area contributed by atoms with E-state index in [1.165, 1.54) is 0 Å². The number of halogens is 4. The van der Waals surface area contributed by atoms with Crippen LogP contribution < -0.4 is 67.9 Å². The summed E-state index contributed by atoms with van der Waals surface area (Å²) in [5, 5.41) is 0. The van der Waals surface area contributed by atoms with Gasteiger partial charge in [0, 0.05) is 0 Å². The van der Waals surface area contributed by atoms with Gasteiger partial charge in [0.25, 0.3) is 0 Å². The minimum atomic E-state index is 0. The molecule has 0 bridgehead atoms. The molecule has 0 unspecified atom stereocenters. The first-order chi connectivity index (χ1) is 0. The Labute approximate surface area is 83.7 Å². The average Bonchev–Trinajstić information content (AvgIpc) is 0. The van der Waals surface area contributed by atoms with Crippen LogP contribution in [0.5, 0.6) is 0 Å². The van der Waals surface area contributed by atoms with Crippen LogP contribution in [0.15, 0.2) is 0 Å². The van der Waals surface area contributed by atoms with Crippen molar-refractivity contribution in [2.45, 2.75) is 0 Å². The van der Waals surface area contributed by atoms with E-state index < -0.39 is 0 Å². The van der Waals surface area contributed by atoms with E-state index in [-0.39, 0.29) is 84.7 Å². The monoisotopic (exact) mass is 375 g/mol. The Morgan fingerprint density at radius 1 is 0.400 bits per heavy atom. The summed E-state index contributed by atoms with van der Waals surface area (Å²) in [6.45, 7) is 0. The Balaban J connectivity index is 0. The Kier molecular flexibility index (Phi) is 335. The number of hydrogen-bond acceptors (Lipinski definition) is 0. The molecule has 0 fully saturated rings. The summed E-state index contributed by atoms with van der Waals surface area (Å²) in [7, 11) is 0. The molecule has 0 aliphatic heterocycles. The van der Waals surface area contributed by atoms with Gasteiger partial charge in [0.2, 0.25) is 0 Å². The number of hydrogen-bond donors (Lipinski definition) is 0. The van der Waals surface area contributed by atoms with E-state index in [1.54, 1.807) is 0 Å². The minimum absolute atomic E-state index is 0. The van der Waals surface area contributed by atoms with Gasteiger partial charge in [0.05, 0.1) is 0 Å². The quantitative estimate of drug-likeness (QED) is 0.393. The Morgan fingerprint density at radius 2 is 0.400 bits per heavy atom. The first kappa shape index (κ1) is 52.1. The van der Waals surface area contributed by atoms with Crippen LogP contribution >= 0.6 is 0 Å². The maximum absolute atomic E-state index is 0. The fourth-order valence-corrected chi connectivity index (χ4v) is 0. The first-order valence-corrected chi connectivity index (χ1v) is 0. The molecule has 5 heavy (non-hydrogen) atoms. The van der Waals surface area contributed by atoms with Crippen LogP contribution in [0.25, 0.3) is 0 Å². The van der Waals surface area contributed by atoms with E-state index in [0.29, 0.717) is 0 Å². The number of rotatable bonds is 0. The molecule has 0 amide bonds. The molecule has 0 rings (SSSR count). The van der Waals surface area contributed by atoms with E-state index in [9.17, 15) is 0 Å². The van der Waals surface area contributed by atoms with E-state index in [4.69, 9.17) is 0 Å². The van der Waals surface area contributed by atoms with Crippen molar-refractivity contribution in [2.75, 3.05) is 0 Å². The van der Waals surface area contributed by atoms with Crippen LogP contribution in [0.3, 0.4) is 0 Å². The molecule has 37 valence electrons. The molecule has 0 saturated carbocycles. The van der Waals surface area contributed by atoms with Crippen molar-refractivity contribution in [1.82, 2.24) is 0 Å². The van der Waals surface area contributed by atoms with Crippen LogP contribution in [0.4, 0.5) is 0 Å². The van der Waals surface area contributed by atoms with E-state index >= 15 is 0 Å². The molecule has 0 aromatic carbocycles. The second kappa shape index (κ2) is 32.1. The second-order valence-corrected chi connectivity index (χ2v) is 0. The summed E-state index contributed by atoms with van der Waals surface area (Å²) in [4.78, 5) is 0. The van der Waals surface area contributed by atoms with Crippen molar-refractivity contribution in [3.63, 3.8) is 0 Å². The van der Waals surface area contributed by atoms with Gasteiger partial charge < -0.3 is 67.9 Å². The van der Waals surface area contributed by atoms with Crippen LogP contribution in [0.2, 0.25) is 0 Å². The van der Waals surface area contributed by atoms with E-state index in [1.807, 2.05) is 0 Å². The zero-order valence-electron chi connectivity index (χ0n) is 1.85. The van der Waals surface area contributed by atoms with Crippen LogP contribution in [0, 0.1) is 0 Å². The van der Waals surface area contributed by atoms with Gasteiger partial charge in [-0.15, -0.1) is 0 Å². The van der Waals surface area contributed by atoms with Crippen molar-refractivity contribution >= 4 is 0 Å². The topological polar surface area (TPSA) is 0 Å². The third kappa shape index (κ3) is 21.4. The molecule has 0 N–H and O–H groups in total. The fourth-order valence-electron chi connectivity index (χ4n) is 0. The molecule has 5 heteroatoms. The molecule has 0 atom stereocenters. The molecule has 0 nitrogen and oxygen atoms in total. The predicted octanol–water partition coefficient (Wildman–Crippen LogP) is -12.0. The maximum Gasteiger partial charge on any atom is 4.00 e. The predicted molar refractivity (Wildman–Crippen MR) is 0 cm³/mol. The van der Waals surface area contributed by atoms with Gasteiger partial charge in [0.1, 0.15) is 0 Å². The molecule has 0 aromatic rings. The molecule has 0 aromatic heterocycles. The van der Waals surface area contributed by atoms with Gasteiger partial charge in [-0.2, -0.15) is 0 Å². The second-order valence-electron chi connectivity index (χ2n) is 0. The summed E-state index contributed by atoms with van der Waals surface area (Å²) in [6.07, 6.45) is 0. The average molecular weight is 379 g/mol. The largest absolute Gasteiger partial charge is 4.00 e. The molecule has 0 aliphatic carbocycles. The summed E-state index contributed by atoms with van der Waals surface area (Å²) in [5.41, 5.74) is 0. The molecular weight excluding hydrogens is 379 g/mol. The standard InChI is InChI=1S/4BrH.Co/h4*1H;/q;;;;+4/p-4. The molecule has 0 aliphatic rings. The van der Waals surface area contributed by atoms with Crippen molar-refractivity contribution < 1.29 is 84.7 Å². The van der Waals surface area contributed by atoms with E-state index in [0.717, 1.165) is 0 Å². The Hall–Kier alpha value is 2.43. The molecule has 0 spiro atoms.